The number of hydrogen-bond donors (Lipinski definition) is 1. The predicted molar refractivity (Wildman–Crippen MR) is 55.2 cm³/mol. The molecule has 1 amide bonds. The first-order valence-electron chi connectivity index (χ1n) is 5.08. The van der Waals surface area contributed by atoms with E-state index in [2.05, 4.69) is 19.2 Å². The number of nitrogens with one attached hydrogen (secondary N) is 1. The van der Waals surface area contributed by atoms with Crippen molar-refractivity contribution < 1.29 is 9.53 Å². The van der Waals surface area contributed by atoms with Gasteiger partial charge in [0.05, 0.1) is 0 Å². The van der Waals surface area contributed by atoms with Gasteiger partial charge < -0.3 is 15.0 Å². The highest BCUT2D eigenvalue weighted by atomic mass is 16.5. The Morgan fingerprint density at radius 3 is 2.93 bits per heavy atom. The summed E-state index contributed by atoms with van der Waals surface area (Å²) in [6.45, 7) is 7.01. The van der Waals surface area contributed by atoms with E-state index in [0.717, 1.165) is 26.1 Å². The van der Waals surface area contributed by atoms with Crippen molar-refractivity contribution in [3.63, 3.8) is 0 Å². The molecule has 4 heteroatoms. The number of hydrogen-bond acceptors (Lipinski definition) is 3. The van der Waals surface area contributed by atoms with Crippen LogP contribution in [0.25, 0.3) is 0 Å². The molecule has 1 N–H and O–H groups in total. The molecule has 0 spiro atoms. The van der Waals surface area contributed by atoms with Gasteiger partial charge in [-0.05, 0) is 26.8 Å². The molecule has 0 atom stereocenters. The smallest absolute Gasteiger partial charge is 0.249 e. The van der Waals surface area contributed by atoms with Gasteiger partial charge in [0.1, 0.15) is 6.61 Å². The second-order valence-corrected chi connectivity index (χ2v) is 4.32. The maximum atomic E-state index is 11.7. The van der Waals surface area contributed by atoms with E-state index in [1.54, 1.807) is 7.11 Å². The first-order chi connectivity index (χ1) is 6.58. The van der Waals surface area contributed by atoms with Crippen LogP contribution in [0, 0.1) is 0 Å². The Morgan fingerprint density at radius 1 is 1.57 bits per heavy atom. The standard InChI is InChI=1S/C10H20N2O2/c1-10(2)8-11-5-4-6-12(10)9(13)7-14-3/h11H,4-8H2,1-3H3. The summed E-state index contributed by atoms with van der Waals surface area (Å²) in [6.07, 6.45) is 1.01. The second kappa shape index (κ2) is 4.75. The number of methoxy groups -OCH3 is 1. The number of ether oxygens (including phenoxy) is 1. The Labute approximate surface area is 85.6 Å². The van der Waals surface area contributed by atoms with Gasteiger partial charge in [0.15, 0.2) is 0 Å². The van der Waals surface area contributed by atoms with Crippen molar-refractivity contribution in [2.45, 2.75) is 25.8 Å². The van der Waals surface area contributed by atoms with E-state index < -0.39 is 0 Å². The number of rotatable bonds is 2. The molecule has 1 heterocycles. The van der Waals surface area contributed by atoms with Gasteiger partial charge in [0.25, 0.3) is 0 Å². The molecule has 0 unspecified atom stereocenters. The van der Waals surface area contributed by atoms with Crippen LogP contribution in [0.2, 0.25) is 0 Å². The first-order valence-corrected chi connectivity index (χ1v) is 5.08. The SMILES string of the molecule is COCC(=O)N1CCCNCC1(C)C. The van der Waals surface area contributed by atoms with E-state index in [4.69, 9.17) is 4.74 Å². The Bertz CT molecular complexity index is 204. The van der Waals surface area contributed by atoms with E-state index in [1.807, 2.05) is 4.90 Å². The molecule has 0 radical (unpaired) electrons. The fourth-order valence-electron chi connectivity index (χ4n) is 1.82. The van der Waals surface area contributed by atoms with Crippen LogP contribution in [0.1, 0.15) is 20.3 Å². The quantitative estimate of drug-likeness (QED) is 0.694. The Morgan fingerprint density at radius 2 is 2.29 bits per heavy atom. The van der Waals surface area contributed by atoms with Gasteiger partial charge in [-0.15, -0.1) is 0 Å². The molecule has 0 aromatic rings. The lowest BCUT2D eigenvalue weighted by Crippen LogP contribution is -2.52. The van der Waals surface area contributed by atoms with Crippen LogP contribution in [0.5, 0.6) is 0 Å². The number of amides is 1. The minimum atomic E-state index is -0.105. The van der Waals surface area contributed by atoms with Crippen LogP contribution in [0.4, 0.5) is 0 Å². The highest BCUT2D eigenvalue weighted by Gasteiger charge is 2.31. The summed E-state index contributed by atoms with van der Waals surface area (Å²) in [5.41, 5.74) is -0.105. The summed E-state index contributed by atoms with van der Waals surface area (Å²) >= 11 is 0. The van der Waals surface area contributed by atoms with Gasteiger partial charge in [-0.2, -0.15) is 0 Å². The van der Waals surface area contributed by atoms with Crippen LogP contribution in [0.15, 0.2) is 0 Å². The molecule has 82 valence electrons. The molecule has 1 saturated heterocycles. The zero-order chi connectivity index (χ0) is 10.6. The second-order valence-electron chi connectivity index (χ2n) is 4.32. The number of carbonyl (C=O) groups is 1. The Balaban J connectivity index is 2.66. The van der Waals surface area contributed by atoms with Crippen LogP contribution < -0.4 is 5.32 Å². The third-order valence-corrected chi connectivity index (χ3v) is 2.59. The molecular weight excluding hydrogens is 180 g/mol. The molecule has 14 heavy (non-hydrogen) atoms. The lowest BCUT2D eigenvalue weighted by Gasteiger charge is -2.36. The molecule has 0 bridgehead atoms. The molecule has 1 aliphatic rings. The number of nitrogens with zero attached hydrogens (tertiary/aromatic N) is 1. The predicted octanol–water partition coefficient (Wildman–Crippen LogP) is 0.233. The third-order valence-electron chi connectivity index (χ3n) is 2.59. The summed E-state index contributed by atoms with van der Waals surface area (Å²) in [6, 6.07) is 0. The van der Waals surface area contributed by atoms with Crippen molar-refractivity contribution in [1.29, 1.82) is 0 Å². The average Bonchev–Trinajstić information content (AvgIpc) is 2.26. The van der Waals surface area contributed by atoms with E-state index >= 15 is 0 Å². The Hall–Kier alpha value is -0.610. The van der Waals surface area contributed by atoms with E-state index in [0.29, 0.717) is 0 Å². The third kappa shape index (κ3) is 2.69. The van der Waals surface area contributed by atoms with Crippen LogP contribution >= 0.6 is 0 Å². The van der Waals surface area contributed by atoms with Crippen molar-refractivity contribution in [3.05, 3.63) is 0 Å². The van der Waals surface area contributed by atoms with Crippen LogP contribution in [-0.2, 0) is 9.53 Å². The molecule has 1 rings (SSSR count). The number of carbonyl (C=O) groups excluding carboxylic acids is 1. The van der Waals surface area contributed by atoms with Crippen LogP contribution in [-0.4, -0.2) is 49.7 Å². The molecule has 0 aliphatic carbocycles. The first kappa shape index (κ1) is 11.5. The lowest BCUT2D eigenvalue weighted by molar-refractivity contribution is -0.140. The molecule has 0 saturated carbocycles. The summed E-state index contributed by atoms with van der Waals surface area (Å²) in [5, 5.41) is 3.33. The highest BCUT2D eigenvalue weighted by molar-refractivity contribution is 5.78. The van der Waals surface area contributed by atoms with Crippen LogP contribution in [0.3, 0.4) is 0 Å². The van der Waals surface area contributed by atoms with Crippen molar-refractivity contribution in [3.8, 4) is 0 Å². The largest absolute Gasteiger partial charge is 0.375 e. The summed E-state index contributed by atoms with van der Waals surface area (Å²) in [7, 11) is 1.56. The summed E-state index contributed by atoms with van der Waals surface area (Å²) in [4.78, 5) is 13.7. The van der Waals surface area contributed by atoms with Crippen molar-refractivity contribution in [2.75, 3.05) is 33.4 Å². The minimum Gasteiger partial charge on any atom is -0.375 e. The van der Waals surface area contributed by atoms with Crippen molar-refractivity contribution >= 4 is 5.91 Å². The fraction of sp³-hybridized carbons (Fsp3) is 0.900. The zero-order valence-corrected chi connectivity index (χ0v) is 9.30. The zero-order valence-electron chi connectivity index (χ0n) is 9.30. The van der Waals surface area contributed by atoms with Crippen molar-refractivity contribution in [2.24, 2.45) is 0 Å². The topological polar surface area (TPSA) is 41.6 Å². The fourth-order valence-corrected chi connectivity index (χ4v) is 1.82. The van der Waals surface area contributed by atoms with Gasteiger partial charge >= 0.3 is 0 Å². The summed E-state index contributed by atoms with van der Waals surface area (Å²) in [5.74, 6) is 0.0844. The van der Waals surface area contributed by atoms with Gasteiger partial charge in [-0.1, -0.05) is 0 Å². The molecular formula is C10H20N2O2. The summed E-state index contributed by atoms with van der Waals surface area (Å²) < 4.78 is 4.88. The average molecular weight is 200 g/mol. The minimum absolute atomic E-state index is 0.0844. The molecule has 1 fully saturated rings. The van der Waals surface area contributed by atoms with E-state index in [-0.39, 0.29) is 18.1 Å². The van der Waals surface area contributed by atoms with Gasteiger partial charge in [-0.25, -0.2) is 0 Å². The Kier molecular flexibility index (Phi) is 3.89. The highest BCUT2D eigenvalue weighted by Crippen LogP contribution is 2.16. The maximum absolute atomic E-state index is 11.7. The van der Waals surface area contributed by atoms with E-state index in [1.165, 1.54) is 0 Å². The molecule has 0 aromatic heterocycles. The maximum Gasteiger partial charge on any atom is 0.249 e. The van der Waals surface area contributed by atoms with Gasteiger partial charge in [0, 0.05) is 25.7 Å². The lowest BCUT2D eigenvalue weighted by atomic mass is 10.0. The van der Waals surface area contributed by atoms with Gasteiger partial charge in [0.2, 0.25) is 5.91 Å². The van der Waals surface area contributed by atoms with Crippen molar-refractivity contribution in [1.82, 2.24) is 10.2 Å². The molecule has 4 nitrogen and oxygen atoms in total. The van der Waals surface area contributed by atoms with Gasteiger partial charge in [-0.3, -0.25) is 4.79 Å². The molecule has 1 aliphatic heterocycles. The van der Waals surface area contributed by atoms with E-state index in [9.17, 15) is 4.79 Å². The molecule has 0 aromatic carbocycles. The normalized spacial score (nSPS) is 21.8. The monoisotopic (exact) mass is 200 g/mol.